The maximum absolute atomic E-state index is 5.55. The van der Waals surface area contributed by atoms with E-state index in [0.29, 0.717) is 13.2 Å². The van der Waals surface area contributed by atoms with E-state index in [2.05, 4.69) is 20.4 Å². The predicted octanol–water partition coefficient (Wildman–Crippen LogP) is 2.51. The zero-order chi connectivity index (χ0) is 9.61. The molecule has 0 spiro atoms. The van der Waals surface area contributed by atoms with Crippen molar-refractivity contribution in [1.29, 1.82) is 0 Å². The second kappa shape index (κ2) is 5.51. The highest BCUT2D eigenvalue weighted by Gasteiger charge is 2.32. The number of hydrogen-bond donors (Lipinski definition) is 0. The average Bonchev–Trinajstić information content (AvgIpc) is 2.04. The van der Waals surface area contributed by atoms with Gasteiger partial charge in [0.05, 0.1) is 0 Å². The van der Waals surface area contributed by atoms with Gasteiger partial charge in [0.1, 0.15) is 0 Å². The third-order valence-corrected chi connectivity index (χ3v) is 3.95. The van der Waals surface area contributed by atoms with Crippen LogP contribution in [0.4, 0.5) is 0 Å². The molecule has 0 aliphatic heterocycles. The molecule has 0 aliphatic carbocycles. The van der Waals surface area contributed by atoms with E-state index in [1.807, 2.05) is 19.9 Å². The van der Waals surface area contributed by atoms with E-state index in [0.717, 1.165) is 0 Å². The topological polar surface area (TPSA) is 18.5 Å². The second-order valence-corrected chi connectivity index (χ2v) is 5.52. The molecule has 0 N–H and O–H groups in total. The predicted molar refractivity (Wildman–Crippen MR) is 53.2 cm³/mol. The smallest absolute Gasteiger partial charge is 0.393 e. The molecule has 0 heterocycles. The quantitative estimate of drug-likeness (QED) is 0.470. The third kappa shape index (κ3) is 3.52. The van der Waals surface area contributed by atoms with Crippen molar-refractivity contribution in [3.63, 3.8) is 0 Å². The normalized spacial score (nSPS) is 12.1. The Hall–Kier alpha value is -0.123. The largest absolute Gasteiger partial charge is 0.394 e. The van der Waals surface area contributed by atoms with Gasteiger partial charge in [0.2, 0.25) is 0 Å². The first-order chi connectivity index (χ1) is 5.58. The molecular formula is C9H19O2Si. The van der Waals surface area contributed by atoms with Gasteiger partial charge in [-0.3, -0.25) is 0 Å². The molecule has 0 aromatic rings. The van der Waals surface area contributed by atoms with Crippen LogP contribution in [0, 0.1) is 0 Å². The fourth-order valence-corrected chi connectivity index (χ4v) is 2.28. The molecule has 0 saturated carbocycles. The molecule has 12 heavy (non-hydrogen) atoms. The molecule has 2 nitrogen and oxygen atoms in total. The summed E-state index contributed by atoms with van der Waals surface area (Å²) in [6.45, 7) is 13.4. The SMILES string of the molecule is C=CC(C)(C)[Si](OCC)OCC. The molecule has 0 aromatic heterocycles. The Morgan fingerprint density at radius 1 is 1.25 bits per heavy atom. The summed E-state index contributed by atoms with van der Waals surface area (Å²) < 4.78 is 11.1. The molecule has 0 bridgehead atoms. The van der Waals surface area contributed by atoms with Gasteiger partial charge in [0.15, 0.2) is 0 Å². The van der Waals surface area contributed by atoms with Crippen LogP contribution in [0.1, 0.15) is 27.7 Å². The van der Waals surface area contributed by atoms with Crippen molar-refractivity contribution in [3.05, 3.63) is 12.7 Å². The Morgan fingerprint density at radius 3 is 1.92 bits per heavy atom. The third-order valence-electron chi connectivity index (χ3n) is 1.59. The highest BCUT2D eigenvalue weighted by atomic mass is 28.3. The zero-order valence-corrected chi connectivity index (χ0v) is 9.52. The van der Waals surface area contributed by atoms with Crippen molar-refractivity contribution in [2.24, 2.45) is 0 Å². The second-order valence-electron chi connectivity index (χ2n) is 3.08. The fraction of sp³-hybridized carbons (Fsp3) is 0.778. The van der Waals surface area contributed by atoms with E-state index >= 15 is 0 Å². The van der Waals surface area contributed by atoms with E-state index in [1.54, 1.807) is 0 Å². The lowest BCUT2D eigenvalue weighted by Crippen LogP contribution is -2.33. The van der Waals surface area contributed by atoms with Crippen LogP contribution in [0.2, 0.25) is 5.04 Å². The minimum atomic E-state index is -1.19. The van der Waals surface area contributed by atoms with Gasteiger partial charge in [-0.25, -0.2) is 0 Å². The van der Waals surface area contributed by atoms with Gasteiger partial charge in [0.25, 0.3) is 0 Å². The molecule has 0 rings (SSSR count). The Kier molecular flexibility index (Phi) is 5.45. The summed E-state index contributed by atoms with van der Waals surface area (Å²) in [5.74, 6) is 0. The lowest BCUT2D eigenvalue weighted by molar-refractivity contribution is 0.198. The number of hydrogen-bond acceptors (Lipinski definition) is 2. The molecule has 3 heteroatoms. The highest BCUT2D eigenvalue weighted by Crippen LogP contribution is 2.30. The van der Waals surface area contributed by atoms with Gasteiger partial charge in [-0.2, -0.15) is 0 Å². The van der Waals surface area contributed by atoms with Gasteiger partial charge in [-0.15, -0.1) is 6.58 Å². The Labute approximate surface area is 77.4 Å². The summed E-state index contributed by atoms with van der Waals surface area (Å²) in [6, 6.07) is 0. The van der Waals surface area contributed by atoms with Gasteiger partial charge in [-0.1, -0.05) is 19.9 Å². The van der Waals surface area contributed by atoms with Crippen LogP contribution in [-0.4, -0.2) is 22.5 Å². The van der Waals surface area contributed by atoms with Crippen molar-refractivity contribution in [1.82, 2.24) is 0 Å². The number of allylic oxidation sites excluding steroid dienone is 1. The summed E-state index contributed by atoms with van der Waals surface area (Å²) in [5, 5.41) is -0.0172. The Morgan fingerprint density at radius 2 is 1.67 bits per heavy atom. The summed E-state index contributed by atoms with van der Waals surface area (Å²) in [4.78, 5) is 0. The molecule has 0 amide bonds. The molecule has 71 valence electrons. The molecule has 1 radical (unpaired) electrons. The van der Waals surface area contributed by atoms with Crippen LogP contribution < -0.4 is 0 Å². The monoisotopic (exact) mass is 187 g/mol. The maximum Gasteiger partial charge on any atom is 0.394 e. The molecule has 0 unspecified atom stereocenters. The average molecular weight is 187 g/mol. The van der Waals surface area contributed by atoms with Gasteiger partial charge < -0.3 is 8.85 Å². The minimum absolute atomic E-state index is 0.0172. The van der Waals surface area contributed by atoms with Gasteiger partial charge >= 0.3 is 9.28 Å². The van der Waals surface area contributed by atoms with E-state index in [4.69, 9.17) is 8.85 Å². The lowest BCUT2D eigenvalue weighted by Gasteiger charge is -2.26. The molecule has 0 aromatic carbocycles. The molecule has 0 atom stereocenters. The van der Waals surface area contributed by atoms with Crippen molar-refractivity contribution in [2.75, 3.05) is 13.2 Å². The van der Waals surface area contributed by atoms with Crippen LogP contribution in [0.15, 0.2) is 12.7 Å². The first kappa shape index (κ1) is 11.9. The van der Waals surface area contributed by atoms with Crippen molar-refractivity contribution >= 4 is 9.28 Å². The fourth-order valence-electron chi connectivity index (χ4n) is 0.759. The molecular weight excluding hydrogens is 168 g/mol. The molecule has 0 aliphatic rings. The first-order valence-corrected chi connectivity index (χ1v) is 5.66. The summed E-state index contributed by atoms with van der Waals surface area (Å²) >= 11 is 0. The van der Waals surface area contributed by atoms with Crippen LogP contribution in [0.25, 0.3) is 0 Å². The van der Waals surface area contributed by atoms with E-state index < -0.39 is 9.28 Å². The standard InChI is InChI=1S/C9H19O2Si/c1-6-9(4,5)12(10-7-2)11-8-3/h6H,1,7-8H2,2-5H3. The van der Waals surface area contributed by atoms with Crippen LogP contribution >= 0.6 is 0 Å². The molecule has 0 saturated heterocycles. The minimum Gasteiger partial charge on any atom is -0.393 e. The van der Waals surface area contributed by atoms with Gasteiger partial charge in [-0.05, 0) is 13.8 Å². The summed E-state index contributed by atoms with van der Waals surface area (Å²) in [6.07, 6.45) is 1.91. The maximum atomic E-state index is 5.55. The highest BCUT2D eigenvalue weighted by molar-refractivity contribution is 6.49. The first-order valence-electron chi connectivity index (χ1n) is 4.35. The van der Waals surface area contributed by atoms with E-state index in [1.165, 1.54) is 0 Å². The molecule has 0 fully saturated rings. The van der Waals surface area contributed by atoms with Crippen LogP contribution in [0.3, 0.4) is 0 Å². The summed E-state index contributed by atoms with van der Waals surface area (Å²) in [7, 11) is -1.19. The van der Waals surface area contributed by atoms with Gasteiger partial charge in [0, 0.05) is 18.3 Å². The van der Waals surface area contributed by atoms with Crippen molar-refractivity contribution in [2.45, 2.75) is 32.7 Å². The van der Waals surface area contributed by atoms with E-state index in [-0.39, 0.29) is 5.04 Å². The van der Waals surface area contributed by atoms with Crippen LogP contribution in [-0.2, 0) is 8.85 Å². The Balaban J connectivity index is 4.16. The number of rotatable bonds is 6. The lowest BCUT2D eigenvalue weighted by atomic mass is 10.2. The Bertz CT molecular complexity index is 128. The summed E-state index contributed by atoms with van der Waals surface area (Å²) in [5.41, 5.74) is 0. The van der Waals surface area contributed by atoms with Crippen LogP contribution in [0.5, 0.6) is 0 Å². The van der Waals surface area contributed by atoms with Crippen molar-refractivity contribution in [3.8, 4) is 0 Å². The van der Waals surface area contributed by atoms with Crippen molar-refractivity contribution < 1.29 is 8.85 Å². The zero-order valence-electron chi connectivity index (χ0n) is 8.52. The van der Waals surface area contributed by atoms with E-state index in [9.17, 15) is 0 Å².